The van der Waals surface area contributed by atoms with Crippen LogP contribution in [0.2, 0.25) is 0 Å². The molecule has 29 heavy (non-hydrogen) atoms. The number of nitrogens with zero attached hydrogens (tertiary/aromatic N) is 2. The van der Waals surface area contributed by atoms with Gasteiger partial charge in [-0.05, 0) is 73.8 Å². The van der Waals surface area contributed by atoms with E-state index >= 15 is 0 Å². The number of halogens is 1. The van der Waals surface area contributed by atoms with Crippen molar-refractivity contribution >= 4 is 33.7 Å². The normalized spacial score (nSPS) is 11.7. The van der Waals surface area contributed by atoms with E-state index in [-0.39, 0.29) is 5.91 Å². The van der Waals surface area contributed by atoms with Crippen LogP contribution in [-0.2, 0) is 9.53 Å². The Kier molecular flexibility index (Phi) is 7.40. The van der Waals surface area contributed by atoms with Crippen LogP contribution in [0.3, 0.4) is 0 Å². The third-order valence-electron chi connectivity index (χ3n) is 3.84. The number of carbonyl (C=O) groups excluding carboxylic acids is 2. The zero-order valence-corrected chi connectivity index (χ0v) is 18.7. The number of likely N-dealkylation sites (N-methyl/N-ethyl adjacent to an activating group) is 1. The van der Waals surface area contributed by atoms with Crippen LogP contribution in [0.25, 0.3) is 0 Å². The van der Waals surface area contributed by atoms with E-state index in [1.807, 2.05) is 30.3 Å². The number of hydrogen-bond donors (Lipinski definition) is 1. The van der Waals surface area contributed by atoms with E-state index in [1.54, 1.807) is 39.8 Å². The van der Waals surface area contributed by atoms with Crippen molar-refractivity contribution in [2.45, 2.75) is 39.3 Å². The Morgan fingerprint density at radius 2 is 1.79 bits per heavy atom. The summed E-state index contributed by atoms with van der Waals surface area (Å²) < 4.78 is 6.02. The number of hydrogen-bond acceptors (Lipinski definition) is 4. The van der Waals surface area contributed by atoms with Gasteiger partial charge in [-0.25, -0.2) is 9.78 Å². The highest BCUT2D eigenvalue weighted by Gasteiger charge is 2.27. The van der Waals surface area contributed by atoms with E-state index in [9.17, 15) is 9.59 Å². The van der Waals surface area contributed by atoms with Crippen LogP contribution in [-0.4, -0.2) is 40.6 Å². The molecule has 0 fully saturated rings. The minimum atomic E-state index is -0.742. The van der Waals surface area contributed by atoms with Crippen LogP contribution in [0.5, 0.6) is 0 Å². The highest BCUT2D eigenvalue weighted by Crippen LogP contribution is 2.18. The molecule has 0 unspecified atom stereocenters. The smallest absolute Gasteiger partial charge is 0.410 e. The molecular weight excluding hydrogens is 434 g/mol. The van der Waals surface area contributed by atoms with Gasteiger partial charge in [-0.2, -0.15) is 0 Å². The fourth-order valence-corrected chi connectivity index (χ4v) is 2.47. The molecule has 0 bridgehead atoms. The van der Waals surface area contributed by atoms with Gasteiger partial charge in [0, 0.05) is 12.6 Å². The van der Waals surface area contributed by atoms with Gasteiger partial charge in [0.05, 0.1) is 4.47 Å². The van der Waals surface area contributed by atoms with E-state index in [1.165, 1.54) is 11.9 Å². The lowest BCUT2D eigenvalue weighted by Gasteiger charge is -2.28. The van der Waals surface area contributed by atoms with Crippen molar-refractivity contribution in [2.75, 3.05) is 12.4 Å². The zero-order chi connectivity index (χ0) is 21.6. The highest BCUT2D eigenvalue weighted by atomic mass is 79.9. The first-order chi connectivity index (χ1) is 13.6. The summed E-state index contributed by atoms with van der Waals surface area (Å²) in [4.78, 5) is 30.3. The maximum absolute atomic E-state index is 12.6. The molecular formula is C22H24BrN3O3. The van der Waals surface area contributed by atoms with Gasteiger partial charge in [0.2, 0.25) is 5.91 Å². The quantitative estimate of drug-likeness (QED) is 0.691. The maximum atomic E-state index is 12.6. The van der Waals surface area contributed by atoms with Gasteiger partial charge in [0.15, 0.2) is 0 Å². The highest BCUT2D eigenvalue weighted by molar-refractivity contribution is 9.10. The summed E-state index contributed by atoms with van der Waals surface area (Å²) in [5, 5.41) is 2.72. The minimum Gasteiger partial charge on any atom is -0.444 e. The van der Waals surface area contributed by atoms with Crippen LogP contribution in [0, 0.1) is 11.8 Å². The van der Waals surface area contributed by atoms with Crippen LogP contribution < -0.4 is 5.32 Å². The molecule has 1 heterocycles. The van der Waals surface area contributed by atoms with Gasteiger partial charge in [-0.3, -0.25) is 9.69 Å². The average Bonchev–Trinajstić information content (AvgIpc) is 2.66. The van der Waals surface area contributed by atoms with Crippen LogP contribution >= 0.6 is 15.9 Å². The molecule has 2 aromatic rings. The van der Waals surface area contributed by atoms with Gasteiger partial charge in [0.25, 0.3) is 0 Å². The maximum Gasteiger partial charge on any atom is 0.410 e. The third-order valence-corrected chi connectivity index (χ3v) is 4.48. The molecule has 1 atom stereocenters. The van der Waals surface area contributed by atoms with Gasteiger partial charge in [-0.1, -0.05) is 24.1 Å². The Bertz CT molecular complexity index is 943. The lowest BCUT2D eigenvalue weighted by molar-refractivity contribution is -0.120. The number of benzene rings is 1. The summed E-state index contributed by atoms with van der Waals surface area (Å²) in [6.45, 7) is 6.93. The number of anilines is 1. The van der Waals surface area contributed by atoms with E-state index in [2.05, 4.69) is 38.1 Å². The average molecular weight is 458 g/mol. The summed E-state index contributed by atoms with van der Waals surface area (Å²) in [6, 6.07) is 12.2. The second-order valence-corrected chi connectivity index (χ2v) is 8.25. The minimum absolute atomic E-state index is 0.347. The first-order valence-corrected chi connectivity index (χ1v) is 9.86. The molecule has 0 saturated carbocycles. The Balaban J connectivity index is 2.11. The van der Waals surface area contributed by atoms with Gasteiger partial charge in [-0.15, -0.1) is 0 Å². The molecule has 0 aliphatic heterocycles. The predicted molar refractivity (Wildman–Crippen MR) is 116 cm³/mol. The summed E-state index contributed by atoms with van der Waals surface area (Å²) in [6.07, 6.45) is -0.571. The second-order valence-electron chi connectivity index (χ2n) is 7.40. The van der Waals surface area contributed by atoms with Gasteiger partial charge < -0.3 is 10.1 Å². The molecule has 2 amide bonds. The summed E-state index contributed by atoms with van der Waals surface area (Å²) in [7, 11) is 1.52. The zero-order valence-electron chi connectivity index (χ0n) is 17.1. The standard InChI is InChI=1S/C22H24BrN3O3/c1-15(26(5)21(28)29-22(2,3)4)20(27)25-19-14-12-17(23)18(24-19)13-11-16-9-7-6-8-10-16/h6-10,12,14-15H,1-5H3,(H,24,25,27)/t15-/m0/s1. The lowest BCUT2D eigenvalue weighted by Crippen LogP contribution is -2.45. The number of ether oxygens (including phenoxy) is 1. The molecule has 0 saturated heterocycles. The van der Waals surface area contributed by atoms with Crippen LogP contribution in [0.1, 0.15) is 39.0 Å². The molecule has 6 nitrogen and oxygen atoms in total. The first-order valence-electron chi connectivity index (χ1n) is 9.07. The fourth-order valence-electron chi connectivity index (χ4n) is 2.15. The second kappa shape index (κ2) is 9.57. The van der Waals surface area contributed by atoms with Crippen molar-refractivity contribution in [3.8, 4) is 11.8 Å². The van der Waals surface area contributed by atoms with E-state index in [0.717, 1.165) is 10.0 Å². The molecule has 1 aromatic heterocycles. The SMILES string of the molecule is C[C@@H](C(=O)Nc1ccc(Br)c(C#Cc2ccccc2)n1)N(C)C(=O)OC(C)(C)C. The van der Waals surface area contributed by atoms with Crippen molar-refractivity contribution in [3.05, 3.63) is 58.2 Å². The molecule has 0 spiro atoms. The third kappa shape index (κ3) is 6.91. The molecule has 0 radical (unpaired) electrons. The number of pyridine rings is 1. The van der Waals surface area contributed by atoms with Crippen molar-refractivity contribution in [3.63, 3.8) is 0 Å². The lowest BCUT2D eigenvalue weighted by atomic mass is 10.2. The number of rotatable bonds is 3. The van der Waals surface area contributed by atoms with Crippen LogP contribution in [0.15, 0.2) is 46.9 Å². The number of carbonyl (C=O) groups is 2. The van der Waals surface area contributed by atoms with E-state index in [0.29, 0.717) is 11.5 Å². The van der Waals surface area contributed by atoms with Crippen molar-refractivity contribution in [2.24, 2.45) is 0 Å². The van der Waals surface area contributed by atoms with Crippen LogP contribution in [0.4, 0.5) is 10.6 Å². The van der Waals surface area contributed by atoms with E-state index < -0.39 is 17.7 Å². The Morgan fingerprint density at radius 1 is 1.14 bits per heavy atom. The topological polar surface area (TPSA) is 71.5 Å². The monoisotopic (exact) mass is 457 g/mol. The van der Waals surface area contributed by atoms with Crippen molar-refractivity contribution in [1.29, 1.82) is 0 Å². The Hall–Kier alpha value is -2.85. The van der Waals surface area contributed by atoms with Gasteiger partial charge >= 0.3 is 6.09 Å². The molecule has 1 aromatic carbocycles. The Morgan fingerprint density at radius 3 is 2.41 bits per heavy atom. The molecule has 0 aliphatic carbocycles. The number of aromatic nitrogens is 1. The largest absolute Gasteiger partial charge is 0.444 e. The molecule has 0 aliphatic rings. The number of amides is 2. The van der Waals surface area contributed by atoms with Gasteiger partial charge in [0.1, 0.15) is 23.2 Å². The summed E-state index contributed by atoms with van der Waals surface area (Å²) >= 11 is 3.42. The van der Waals surface area contributed by atoms with Crippen molar-refractivity contribution in [1.82, 2.24) is 9.88 Å². The summed E-state index contributed by atoms with van der Waals surface area (Å²) in [5.41, 5.74) is 0.726. The predicted octanol–water partition coefficient (Wildman–Crippen LogP) is 4.44. The first kappa shape index (κ1) is 22.4. The molecule has 7 heteroatoms. The molecule has 152 valence electrons. The molecule has 1 N–H and O–H groups in total. The summed E-state index contributed by atoms with van der Waals surface area (Å²) in [5.74, 6) is 6.00. The Labute approximate surface area is 179 Å². The van der Waals surface area contributed by atoms with E-state index in [4.69, 9.17) is 4.74 Å². The van der Waals surface area contributed by atoms with Crippen molar-refractivity contribution < 1.29 is 14.3 Å². The number of nitrogens with one attached hydrogen (secondary N) is 1. The fraction of sp³-hybridized carbons (Fsp3) is 0.318. The molecule has 2 rings (SSSR count).